The van der Waals surface area contributed by atoms with Gasteiger partial charge in [0, 0.05) is 5.69 Å². The van der Waals surface area contributed by atoms with Gasteiger partial charge < -0.3 is 20.7 Å². The van der Waals surface area contributed by atoms with E-state index in [1.807, 2.05) is 5.32 Å². The van der Waals surface area contributed by atoms with Gasteiger partial charge in [-0.1, -0.05) is 23.7 Å². The fourth-order valence-corrected chi connectivity index (χ4v) is 4.25. The monoisotopic (exact) mass is 565 g/mol. The molecule has 0 saturated heterocycles. The van der Waals surface area contributed by atoms with Crippen molar-refractivity contribution in [3.8, 4) is 5.69 Å². The number of hydrogen-bond acceptors (Lipinski definition) is 5. The van der Waals surface area contributed by atoms with Crippen molar-refractivity contribution in [1.29, 1.82) is 0 Å². The molecule has 0 bridgehead atoms. The van der Waals surface area contributed by atoms with E-state index in [-0.39, 0.29) is 40.4 Å². The van der Waals surface area contributed by atoms with Crippen molar-refractivity contribution < 1.29 is 27.5 Å². The Balaban J connectivity index is 1.72. The summed E-state index contributed by atoms with van der Waals surface area (Å²) in [5, 5.41) is 7.34. The van der Waals surface area contributed by atoms with Gasteiger partial charge in [-0.3, -0.25) is 9.36 Å². The zero-order valence-electron chi connectivity index (χ0n) is 21.6. The fourth-order valence-electron chi connectivity index (χ4n) is 4.00. The molecule has 1 aliphatic rings. The first-order chi connectivity index (χ1) is 18.1. The minimum absolute atomic E-state index is 0.129. The Morgan fingerprint density at radius 2 is 1.79 bits per heavy atom. The number of hydrogen-bond donors (Lipinski definition) is 3. The van der Waals surface area contributed by atoms with E-state index in [9.17, 15) is 27.6 Å². The Hall–Kier alpha value is -3.80. The molecule has 1 aromatic heterocycles. The lowest BCUT2D eigenvalue weighted by Crippen LogP contribution is -2.49. The maximum atomic E-state index is 13.7. The van der Waals surface area contributed by atoms with Crippen molar-refractivity contribution in [2.75, 3.05) is 5.32 Å². The second-order valence-corrected chi connectivity index (χ2v) is 10.7. The molecule has 3 N–H and O–H groups in total. The highest BCUT2D eigenvalue weighted by molar-refractivity contribution is 6.35. The van der Waals surface area contributed by atoms with Crippen molar-refractivity contribution in [2.45, 2.75) is 63.9 Å². The van der Waals surface area contributed by atoms with E-state index in [1.54, 1.807) is 45.9 Å². The summed E-state index contributed by atoms with van der Waals surface area (Å²) in [6, 6.07) is 8.85. The molecule has 1 atom stereocenters. The number of urea groups is 1. The van der Waals surface area contributed by atoms with E-state index in [4.69, 9.17) is 16.3 Å². The number of nitrogens with zero attached hydrogens (tertiary/aromatic N) is 2. The first-order valence-corrected chi connectivity index (χ1v) is 12.4. The third-order valence-corrected chi connectivity index (χ3v) is 6.32. The molecule has 2 aromatic carbocycles. The summed E-state index contributed by atoms with van der Waals surface area (Å²) >= 11 is 6.31. The van der Waals surface area contributed by atoms with E-state index in [0.717, 1.165) is 0 Å². The Kier molecular flexibility index (Phi) is 7.28. The van der Waals surface area contributed by atoms with Crippen LogP contribution in [-0.4, -0.2) is 39.0 Å². The highest BCUT2D eigenvalue weighted by Crippen LogP contribution is 2.48. The number of benzene rings is 2. The Labute approximate surface area is 226 Å². The molecule has 3 amide bonds. The first kappa shape index (κ1) is 28.2. The molecular formula is C26H27ClF3N5O4. The molecule has 3 aromatic rings. The molecule has 0 radical (unpaired) electrons. The van der Waals surface area contributed by atoms with Gasteiger partial charge in [-0.05, 0) is 70.9 Å². The Morgan fingerprint density at radius 1 is 1.13 bits per heavy atom. The van der Waals surface area contributed by atoms with Gasteiger partial charge in [0.25, 0.3) is 5.56 Å². The molecule has 0 aliphatic heterocycles. The Bertz CT molecular complexity index is 1500. The van der Waals surface area contributed by atoms with Gasteiger partial charge in [0.05, 0.1) is 27.7 Å². The van der Waals surface area contributed by atoms with E-state index in [1.165, 1.54) is 28.8 Å². The van der Waals surface area contributed by atoms with Crippen molar-refractivity contribution in [2.24, 2.45) is 0 Å². The predicted molar refractivity (Wildman–Crippen MR) is 140 cm³/mol. The van der Waals surface area contributed by atoms with Crippen molar-refractivity contribution >= 4 is 40.3 Å². The second-order valence-electron chi connectivity index (χ2n) is 10.3. The molecule has 1 saturated carbocycles. The van der Waals surface area contributed by atoms with E-state index < -0.39 is 41.0 Å². The topological polar surface area (TPSA) is 114 Å². The minimum atomic E-state index is -4.57. The van der Waals surface area contributed by atoms with Gasteiger partial charge in [0.1, 0.15) is 17.0 Å². The minimum Gasteiger partial charge on any atom is -0.444 e. The molecule has 1 fully saturated rings. The summed E-state index contributed by atoms with van der Waals surface area (Å²) < 4.78 is 46.3. The van der Waals surface area contributed by atoms with Gasteiger partial charge in [-0.25, -0.2) is 14.6 Å². The van der Waals surface area contributed by atoms with Gasteiger partial charge in [0.2, 0.25) is 0 Å². The first-order valence-electron chi connectivity index (χ1n) is 12.1. The van der Waals surface area contributed by atoms with Crippen molar-refractivity contribution in [3.05, 3.63) is 63.7 Å². The largest absolute Gasteiger partial charge is 0.444 e. The van der Waals surface area contributed by atoms with Crippen LogP contribution in [0.15, 0.2) is 47.3 Å². The maximum Gasteiger partial charge on any atom is 0.411 e. The summed E-state index contributed by atoms with van der Waals surface area (Å²) in [6.07, 6.45) is -5.70. The molecule has 39 heavy (non-hydrogen) atoms. The summed E-state index contributed by atoms with van der Waals surface area (Å²) in [5.74, 6) is 0.135. The van der Waals surface area contributed by atoms with Gasteiger partial charge >= 0.3 is 18.3 Å². The molecular weight excluding hydrogens is 539 g/mol. The number of alkyl halides is 3. The number of nitrogens with one attached hydrogen (secondary N) is 3. The quantitative estimate of drug-likeness (QED) is 0.359. The van der Waals surface area contributed by atoms with Crippen LogP contribution >= 0.6 is 11.6 Å². The second kappa shape index (κ2) is 10.1. The number of carbonyl (C=O) groups is 2. The van der Waals surface area contributed by atoms with Gasteiger partial charge in [0.15, 0.2) is 0 Å². The lowest BCUT2D eigenvalue weighted by atomic mass is 10.2. The highest BCUT2D eigenvalue weighted by Gasteiger charge is 2.64. The summed E-state index contributed by atoms with van der Waals surface area (Å²) in [5.41, 5.74) is -2.88. The smallest absolute Gasteiger partial charge is 0.411 e. The van der Waals surface area contributed by atoms with Crippen LogP contribution in [0, 0.1) is 0 Å². The van der Waals surface area contributed by atoms with Gasteiger partial charge in [-0.2, -0.15) is 13.2 Å². The van der Waals surface area contributed by atoms with Crippen LogP contribution in [0.3, 0.4) is 0 Å². The van der Waals surface area contributed by atoms with Crippen LogP contribution in [0.5, 0.6) is 0 Å². The highest BCUT2D eigenvalue weighted by atomic mass is 35.5. The third kappa shape index (κ3) is 6.11. The molecule has 0 unspecified atom stereocenters. The molecule has 4 rings (SSSR count). The number of ether oxygens (including phenoxy) is 1. The average Bonchev–Trinajstić information content (AvgIpc) is 3.58. The standard InChI is InChI=1S/C26H27ClF3N5O4/c1-14(31-23(38)39-24(2,3)4)20-33-18-10-6-9-17(27)19(18)21(36)35(20)16-8-5-7-15(13-16)32-22(37)34-25(11-12-25)26(28,29)30/h5-10,13-14H,11-12H2,1-4H3,(H,31,38)(H2,32,34,37)/t14-/m0/s1. The van der Waals surface area contributed by atoms with Crippen LogP contribution in [0.25, 0.3) is 16.6 Å². The molecule has 208 valence electrons. The molecule has 1 heterocycles. The van der Waals surface area contributed by atoms with Crippen LogP contribution < -0.4 is 21.5 Å². The van der Waals surface area contributed by atoms with Crippen molar-refractivity contribution in [1.82, 2.24) is 20.2 Å². The maximum absolute atomic E-state index is 13.7. The number of alkyl carbamates (subject to hydrolysis) is 1. The number of anilines is 1. The zero-order valence-corrected chi connectivity index (χ0v) is 22.3. The predicted octanol–water partition coefficient (Wildman–Crippen LogP) is 5.84. The number of carbonyl (C=O) groups excluding carboxylic acids is 2. The van der Waals surface area contributed by atoms with Crippen LogP contribution in [0.2, 0.25) is 5.02 Å². The van der Waals surface area contributed by atoms with E-state index in [0.29, 0.717) is 5.52 Å². The lowest BCUT2D eigenvalue weighted by molar-refractivity contribution is -0.162. The molecule has 0 spiro atoms. The number of aromatic nitrogens is 2. The lowest BCUT2D eigenvalue weighted by Gasteiger charge is -2.24. The van der Waals surface area contributed by atoms with E-state index >= 15 is 0 Å². The molecule has 1 aliphatic carbocycles. The fraction of sp³-hybridized carbons (Fsp3) is 0.385. The number of halogens is 4. The number of rotatable bonds is 5. The number of fused-ring (bicyclic) bond motifs is 1. The van der Waals surface area contributed by atoms with Crippen LogP contribution in [0.1, 0.15) is 52.4 Å². The normalized spacial score (nSPS) is 15.4. The van der Waals surface area contributed by atoms with Crippen LogP contribution in [-0.2, 0) is 4.74 Å². The van der Waals surface area contributed by atoms with Crippen molar-refractivity contribution in [3.63, 3.8) is 0 Å². The summed E-state index contributed by atoms with van der Waals surface area (Å²) in [7, 11) is 0. The number of amides is 3. The third-order valence-electron chi connectivity index (χ3n) is 6.00. The molecule has 13 heteroatoms. The van der Waals surface area contributed by atoms with Gasteiger partial charge in [-0.15, -0.1) is 0 Å². The Morgan fingerprint density at radius 3 is 2.41 bits per heavy atom. The SMILES string of the molecule is C[C@H](NC(=O)OC(C)(C)C)c1nc2cccc(Cl)c2c(=O)n1-c1cccc(NC(=O)NC2(C(F)(F)F)CC2)c1. The zero-order chi connectivity index (χ0) is 28.8. The van der Waals surface area contributed by atoms with E-state index in [2.05, 4.69) is 15.6 Å². The van der Waals surface area contributed by atoms with Crippen LogP contribution in [0.4, 0.5) is 28.4 Å². The average molecular weight is 566 g/mol. The molecule has 9 nitrogen and oxygen atoms in total. The summed E-state index contributed by atoms with van der Waals surface area (Å²) in [4.78, 5) is 43.1. The summed E-state index contributed by atoms with van der Waals surface area (Å²) in [6.45, 7) is 6.73.